The van der Waals surface area contributed by atoms with Gasteiger partial charge < -0.3 is 15.2 Å². The number of benzene rings is 1. The molecule has 5 rings (SSSR count). The highest BCUT2D eigenvalue weighted by Gasteiger charge is 2.39. The molecule has 0 spiro atoms. The second-order valence-electron chi connectivity index (χ2n) is 7.56. The van der Waals surface area contributed by atoms with Crippen molar-refractivity contribution in [2.24, 2.45) is 0 Å². The van der Waals surface area contributed by atoms with E-state index in [1.165, 1.54) is 16.1 Å². The molecule has 3 atom stereocenters. The van der Waals surface area contributed by atoms with Crippen LogP contribution in [0.1, 0.15) is 25.5 Å². The number of ether oxygens (including phenoxy) is 1. The molecule has 0 aliphatic carbocycles. The summed E-state index contributed by atoms with van der Waals surface area (Å²) in [6.07, 6.45) is 8.01. The van der Waals surface area contributed by atoms with E-state index in [1.807, 2.05) is 13.0 Å². The van der Waals surface area contributed by atoms with Gasteiger partial charge in [-0.15, -0.1) is 5.10 Å². The first-order chi connectivity index (χ1) is 13.5. The van der Waals surface area contributed by atoms with E-state index in [0.29, 0.717) is 27.5 Å². The zero-order chi connectivity index (χ0) is 19.3. The molecule has 1 fully saturated rings. The van der Waals surface area contributed by atoms with E-state index in [2.05, 4.69) is 44.8 Å². The normalized spacial score (nSPS) is 25.9. The third-order valence-corrected chi connectivity index (χ3v) is 5.95. The van der Waals surface area contributed by atoms with Crippen LogP contribution in [0, 0.1) is 6.92 Å². The van der Waals surface area contributed by atoms with Gasteiger partial charge in [-0.1, -0.05) is 28.6 Å². The maximum Gasteiger partial charge on any atom is 0.294 e. The minimum Gasteiger partial charge on any atom is -0.507 e. The van der Waals surface area contributed by atoms with Gasteiger partial charge in [-0.3, -0.25) is 0 Å². The lowest BCUT2D eigenvalue weighted by atomic mass is 9.91. The van der Waals surface area contributed by atoms with Crippen LogP contribution in [0.3, 0.4) is 0 Å². The fourth-order valence-corrected chi connectivity index (χ4v) is 4.64. The summed E-state index contributed by atoms with van der Waals surface area (Å²) in [5.74, 6) is 0.103. The average Bonchev–Trinajstić information content (AvgIpc) is 3.34. The molecule has 1 aromatic carbocycles. The van der Waals surface area contributed by atoms with Crippen molar-refractivity contribution in [3.05, 3.63) is 42.2 Å². The van der Waals surface area contributed by atoms with Crippen molar-refractivity contribution < 1.29 is 9.84 Å². The van der Waals surface area contributed by atoms with E-state index in [1.54, 1.807) is 18.3 Å². The number of hydrogen-bond acceptors (Lipinski definition) is 8. The van der Waals surface area contributed by atoms with Crippen molar-refractivity contribution in [1.29, 1.82) is 0 Å². The van der Waals surface area contributed by atoms with Crippen LogP contribution in [-0.4, -0.2) is 48.0 Å². The second-order valence-corrected chi connectivity index (χ2v) is 8.50. The summed E-state index contributed by atoms with van der Waals surface area (Å²) in [6.45, 7) is 4.05. The summed E-state index contributed by atoms with van der Waals surface area (Å²) in [5.41, 5.74) is 2.10. The molecule has 8 nitrogen and oxygen atoms in total. The summed E-state index contributed by atoms with van der Waals surface area (Å²) in [6, 6.07) is 5.61. The fraction of sp³-hybridized carbons (Fsp3) is 0.368. The molecule has 2 bridgehead atoms. The lowest BCUT2D eigenvalue weighted by Crippen LogP contribution is -2.51. The average molecular weight is 396 g/mol. The topological polar surface area (TPSA) is 98.0 Å². The summed E-state index contributed by atoms with van der Waals surface area (Å²) in [5, 5.41) is 32.0. The quantitative estimate of drug-likeness (QED) is 0.654. The molecule has 0 unspecified atom stereocenters. The highest BCUT2D eigenvalue weighted by Crippen LogP contribution is 2.37. The smallest absolute Gasteiger partial charge is 0.294 e. The molecule has 9 heteroatoms. The molecule has 4 heterocycles. The minimum atomic E-state index is -0.00586. The molecular formula is C19H20N6O2S. The summed E-state index contributed by atoms with van der Waals surface area (Å²) < 4.78 is 6.10. The Bertz CT molecular complexity index is 1060. The van der Waals surface area contributed by atoms with Gasteiger partial charge in [0.2, 0.25) is 0 Å². The zero-order valence-electron chi connectivity index (χ0n) is 15.5. The van der Waals surface area contributed by atoms with Crippen LogP contribution in [0.2, 0.25) is 0 Å². The predicted molar refractivity (Wildman–Crippen MR) is 105 cm³/mol. The standard InChI is InChI=1S/C19H20N6O2S/c1-11-10-20-25(24-11)13-3-4-15(16(26)8-13)17-22-23-18(28-17)27-14-7-12-5-6-19(2,9-14)21-12/h3-6,8,10,12,14,21,26H,7,9H2,1-2H3/t12-,14-,19+/m1/s1. The Kier molecular flexibility index (Phi) is 3.95. The molecule has 2 N–H and O–H groups in total. The number of hydrogen-bond donors (Lipinski definition) is 2. The zero-order valence-corrected chi connectivity index (χ0v) is 16.3. The highest BCUT2D eigenvalue weighted by molar-refractivity contribution is 7.16. The second kappa shape index (κ2) is 6.39. The molecule has 0 radical (unpaired) electrons. The van der Waals surface area contributed by atoms with Gasteiger partial charge in [0.15, 0.2) is 5.01 Å². The van der Waals surface area contributed by atoms with Crippen molar-refractivity contribution >= 4 is 11.3 Å². The molecule has 0 amide bonds. The van der Waals surface area contributed by atoms with Crippen molar-refractivity contribution in [3.63, 3.8) is 0 Å². The van der Waals surface area contributed by atoms with E-state index in [4.69, 9.17) is 4.74 Å². The third-order valence-electron chi connectivity index (χ3n) is 5.10. The SMILES string of the molecule is Cc1cnn(-c2ccc(-c3nnc(O[C@@H]4C[C@H]5C=C[C@@](C)(C4)N5)s3)c(O)c2)n1. The third kappa shape index (κ3) is 3.16. The van der Waals surface area contributed by atoms with E-state index in [-0.39, 0.29) is 17.4 Å². The van der Waals surface area contributed by atoms with E-state index < -0.39 is 0 Å². The van der Waals surface area contributed by atoms with Crippen LogP contribution in [0.4, 0.5) is 0 Å². The van der Waals surface area contributed by atoms with Gasteiger partial charge in [0.05, 0.1) is 23.1 Å². The van der Waals surface area contributed by atoms with Gasteiger partial charge >= 0.3 is 0 Å². The van der Waals surface area contributed by atoms with Crippen LogP contribution >= 0.6 is 11.3 Å². The van der Waals surface area contributed by atoms with Gasteiger partial charge in [0, 0.05) is 30.5 Å². The molecule has 2 aromatic heterocycles. The van der Waals surface area contributed by atoms with Crippen molar-refractivity contribution in [3.8, 4) is 27.2 Å². The monoisotopic (exact) mass is 396 g/mol. The molecule has 2 aliphatic rings. The maximum atomic E-state index is 10.5. The van der Waals surface area contributed by atoms with E-state index in [0.717, 1.165) is 18.5 Å². The van der Waals surface area contributed by atoms with E-state index in [9.17, 15) is 5.11 Å². The Labute approximate surface area is 165 Å². The van der Waals surface area contributed by atoms with Gasteiger partial charge in [0.25, 0.3) is 5.19 Å². The van der Waals surface area contributed by atoms with Crippen LogP contribution in [0.25, 0.3) is 16.3 Å². The number of phenols is 1. The minimum absolute atomic E-state index is 0.00586. The molecule has 3 aromatic rings. The number of nitrogens with one attached hydrogen (secondary N) is 1. The fourth-order valence-electron chi connectivity index (χ4n) is 3.84. The van der Waals surface area contributed by atoms with Gasteiger partial charge in [0.1, 0.15) is 11.9 Å². The van der Waals surface area contributed by atoms with Gasteiger partial charge in [-0.25, -0.2) is 0 Å². The Morgan fingerprint density at radius 2 is 2.25 bits per heavy atom. The summed E-state index contributed by atoms with van der Waals surface area (Å²) in [4.78, 5) is 1.48. The number of aryl methyl sites for hydroxylation is 1. The van der Waals surface area contributed by atoms with Gasteiger partial charge in [-0.05, 0) is 26.0 Å². The number of aromatic nitrogens is 5. The number of phenolic OH excluding ortho intramolecular Hbond substituents is 1. The largest absolute Gasteiger partial charge is 0.507 e. The van der Waals surface area contributed by atoms with Gasteiger partial charge in [-0.2, -0.15) is 15.0 Å². The Balaban J connectivity index is 1.33. The van der Waals surface area contributed by atoms with Crippen LogP contribution in [0.5, 0.6) is 10.9 Å². The maximum absolute atomic E-state index is 10.5. The van der Waals surface area contributed by atoms with Crippen molar-refractivity contribution in [2.75, 3.05) is 0 Å². The van der Waals surface area contributed by atoms with Crippen LogP contribution in [-0.2, 0) is 0 Å². The molecule has 2 aliphatic heterocycles. The molecule has 28 heavy (non-hydrogen) atoms. The lowest BCUT2D eigenvalue weighted by Gasteiger charge is -2.35. The van der Waals surface area contributed by atoms with Crippen LogP contribution < -0.4 is 10.1 Å². The number of fused-ring (bicyclic) bond motifs is 2. The molecule has 144 valence electrons. The number of rotatable bonds is 4. The van der Waals surface area contributed by atoms with Crippen molar-refractivity contribution in [1.82, 2.24) is 30.5 Å². The molecule has 1 saturated heterocycles. The Morgan fingerprint density at radius 1 is 1.36 bits per heavy atom. The first kappa shape index (κ1) is 17.3. The first-order valence-electron chi connectivity index (χ1n) is 9.17. The summed E-state index contributed by atoms with van der Waals surface area (Å²) >= 11 is 1.34. The number of nitrogens with zero attached hydrogens (tertiary/aromatic N) is 5. The predicted octanol–water partition coefficient (Wildman–Crippen LogP) is 2.63. The van der Waals surface area contributed by atoms with Crippen LogP contribution in [0.15, 0.2) is 36.5 Å². The van der Waals surface area contributed by atoms with Crippen molar-refractivity contribution in [2.45, 2.75) is 44.4 Å². The number of piperidine rings is 1. The Hall–Kier alpha value is -2.78. The summed E-state index contributed by atoms with van der Waals surface area (Å²) in [7, 11) is 0. The highest BCUT2D eigenvalue weighted by atomic mass is 32.1. The molecule has 0 saturated carbocycles. The first-order valence-corrected chi connectivity index (χ1v) is 9.99. The number of aromatic hydroxyl groups is 1. The lowest BCUT2D eigenvalue weighted by molar-refractivity contribution is 0.115. The molecular weight excluding hydrogens is 376 g/mol. The van der Waals surface area contributed by atoms with E-state index >= 15 is 0 Å². The Morgan fingerprint density at radius 3 is 3.00 bits per heavy atom.